The van der Waals surface area contributed by atoms with E-state index in [1.807, 2.05) is 36.4 Å². The zero-order valence-electron chi connectivity index (χ0n) is 16.1. The second kappa shape index (κ2) is 9.61. The summed E-state index contributed by atoms with van der Waals surface area (Å²) in [5.74, 6) is 1.04. The van der Waals surface area contributed by atoms with Crippen LogP contribution in [0.1, 0.15) is 32.6 Å². The van der Waals surface area contributed by atoms with Gasteiger partial charge in [-0.05, 0) is 62.1 Å². The van der Waals surface area contributed by atoms with E-state index in [1.54, 1.807) is 30.5 Å². The number of anilines is 1. The number of benzene rings is 2. The Balaban J connectivity index is 1.64. The van der Waals surface area contributed by atoms with Gasteiger partial charge < -0.3 is 15.0 Å². The highest BCUT2D eigenvalue weighted by Gasteiger charge is 2.20. The molecule has 0 saturated carbocycles. The maximum absolute atomic E-state index is 12.5. The Bertz CT molecular complexity index is 854. The van der Waals surface area contributed by atoms with Crippen LogP contribution >= 0.6 is 0 Å². The van der Waals surface area contributed by atoms with E-state index in [-0.39, 0.29) is 11.5 Å². The molecule has 2 aromatic rings. The first-order chi connectivity index (χ1) is 13.7. The lowest BCUT2D eigenvalue weighted by Gasteiger charge is -2.34. The molecule has 1 unspecified atom stereocenters. The molecule has 5 nitrogen and oxygen atoms in total. The van der Waals surface area contributed by atoms with Crippen molar-refractivity contribution in [1.29, 1.82) is 5.26 Å². The third-order valence-corrected chi connectivity index (χ3v) is 4.90. The van der Waals surface area contributed by atoms with Gasteiger partial charge in [-0.2, -0.15) is 5.26 Å². The summed E-state index contributed by atoms with van der Waals surface area (Å²) in [5, 5.41) is 12.2. The van der Waals surface area contributed by atoms with Crippen molar-refractivity contribution in [2.75, 3.05) is 11.9 Å². The van der Waals surface area contributed by atoms with Crippen LogP contribution in [0.25, 0.3) is 0 Å². The van der Waals surface area contributed by atoms with Gasteiger partial charge in [0.05, 0.1) is 0 Å². The van der Waals surface area contributed by atoms with Crippen molar-refractivity contribution in [3.8, 4) is 17.6 Å². The lowest BCUT2D eigenvalue weighted by atomic mass is 10.0. The van der Waals surface area contributed by atoms with Crippen LogP contribution in [0.15, 0.2) is 66.4 Å². The molecular weight excluding hydrogens is 350 g/mol. The van der Waals surface area contributed by atoms with Crippen LogP contribution in [0.4, 0.5) is 5.69 Å². The monoisotopic (exact) mass is 375 g/mol. The van der Waals surface area contributed by atoms with Crippen LogP contribution < -0.4 is 10.1 Å². The first kappa shape index (κ1) is 19.5. The average molecular weight is 375 g/mol. The van der Waals surface area contributed by atoms with Crippen molar-refractivity contribution in [2.45, 2.75) is 38.6 Å². The molecule has 1 aliphatic heterocycles. The number of rotatable bonds is 6. The Morgan fingerprint density at radius 2 is 1.89 bits per heavy atom. The van der Waals surface area contributed by atoms with Gasteiger partial charge >= 0.3 is 0 Å². The lowest BCUT2D eigenvalue weighted by molar-refractivity contribution is -0.112. The van der Waals surface area contributed by atoms with Crippen molar-refractivity contribution in [3.63, 3.8) is 0 Å². The largest absolute Gasteiger partial charge is 0.457 e. The number of nitrogens with one attached hydrogen (secondary N) is 1. The second-order valence-corrected chi connectivity index (χ2v) is 6.84. The van der Waals surface area contributed by atoms with Gasteiger partial charge in [0.2, 0.25) is 0 Å². The number of likely N-dealkylation sites (tertiary alicyclic amines) is 1. The Morgan fingerprint density at radius 3 is 2.57 bits per heavy atom. The SMILES string of the molecule is CCC1CCCCN1/C=C(/C#N)C(=O)Nc1ccc(Oc2ccccc2)cc1. The fourth-order valence-corrected chi connectivity index (χ4v) is 3.36. The van der Waals surface area contributed by atoms with Crippen LogP contribution in [0.5, 0.6) is 11.5 Å². The highest BCUT2D eigenvalue weighted by Crippen LogP contribution is 2.23. The third kappa shape index (κ3) is 5.14. The number of nitriles is 1. The maximum Gasteiger partial charge on any atom is 0.267 e. The van der Waals surface area contributed by atoms with Crippen molar-refractivity contribution in [3.05, 3.63) is 66.4 Å². The molecule has 28 heavy (non-hydrogen) atoms. The van der Waals surface area contributed by atoms with E-state index in [4.69, 9.17) is 4.74 Å². The number of nitrogens with zero attached hydrogens (tertiary/aromatic N) is 2. The van der Waals surface area contributed by atoms with E-state index >= 15 is 0 Å². The fourth-order valence-electron chi connectivity index (χ4n) is 3.36. The molecule has 5 heteroatoms. The van der Waals surface area contributed by atoms with Crippen LogP contribution in [0.2, 0.25) is 0 Å². The number of carbonyl (C=O) groups is 1. The van der Waals surface area contributed by atoms with E-state index in [0.717, 1.165) is 31.6 Å². The van der Waals surface area contributed by atoms with Gasteiger partial charge in [-0.1, -0.05) is 25.1 Å². The van der Waals surface area contributed by atoms with E-state index in [9.17, 15) is 10.1 Å². The van der Waals surface area contributed by atoms with E-state index in [0.29, 0.717) is 17.5 Å². The predicted octanol–water partition coefficient (Wildman–Crippen LogP) is 5.09. The highest BCUT2D eigenvalue weighted by molar-refractivity contribution is 6.06. The third-order valence-electron chi connectivity index (χ3n) is 4.90. The number of hydrogen-bond acceptors (Lipinski definition) is 4. The standard InChI is InChI=1S/C23H25N3O2/c1-2-20-8-6-7-15-26(20)17-18(16-24)23(27)25-19-11-13-22(14-12-19)28-21-9-4-3-5-10-21/h3-5,9-14,17,20H,2,6-8,15H2,1H3,(H,25,27)/b18-17-. The zero-order valence-corrected chi connectivity index (χ0v) is 16.1. The fraction of sp³-hybridized carbons (Fsp3) is 0.304. The molecule has 1 heterocycles. The van der Waals surface area contributed by atoms with Crippen LogP contribution in [-0.2, 0) is 4.79 Å². The molecule has 1 fully saturated rings. The number of hydrogen-bond donors (Lipinski definition) is 1. The van der Waals surface area contributed by atoms with Gasteiger partial charge in [0.15, 0.2) is 0 Å². The Hall–Kier alpha value is -3.26. The summed E-state index contributed by atoms with van der Waals surface area (Å²) in [7, 11) is 0. The molecule has 1 N–H and O–H groups in total. The van der Waals surface area contributed by atoms with Gasteiger partial charge in [-0.3, -0.25) is 4.79 Å². The summed E-state index contributed by atoms with van der Waals surface area (Å²) in [6.07, 6.45) is 6.13. The first-order valence-corrected chi connectivity index (χ1v) is 9.71. The first-order valence-electron chi connectivity index (χ1n) is 9.71. The summed E-state index contributed by atoms with van der Waals surface area (Å²) in [4.78, 5) is 14.7. The number of carbonyl (C=O) groups excluding carboxylic acids is 1. The van der Waals surface area contributed by atoms with Gasteiger partial charge in [-0.15, -0.1) is 0 Å². The molecule has 1 saturated heterocycles. The second-order valence-electron chi connectivity index (χ2n) is 6.84. The average Bonchev–Trinajstić information content (AvgIpc) is 2.74. The predicted molar refractivity (Wildman–Crippen MR) is 110 cm³/mol. The molecule has 1 aliphatic rings. The van der Waals surface area contributed by atoms with Crippen LogP contribution in [0, 0.1) is 11.3 Å². The summed E-state index contributed by atoms with van der Waals surface area (Å²) >= 11 is 0. The quantitative estimate of drug-likeness (QED) is 0.564. The Labute approximate surface area is 166 Å². The number of para-hydroxylation sites is 1. The van der Waals surface area contributed by atoms with E-state index in [1.165, 1.54) is 6.42 Å². The number of piperidine rings is 1. The van der Waals surface area contributed by atoms with Gasteiger partial charge in [0.25, 0.3) is 5.91 Å². The summed E-state index contributed by atoms with van der Waals surface area (Å²) in [6.45, 7) is 3.03. The smallest absolute Gasteiger partial charge is 0.267 e. The van der Waals surface area contributed by atoms with Gasteiger partial charge in [-0.25, -0.2) is 0 Å². The molecule has 1 amide bonds. The Morgan fingerprint density at radius 1 is 1.18 bits per heavy atom. The van der Waals surface area contributed by atoms with Gasteiger partial charge in [0.1, 0.15) is 23.1 Å². The summed E-state index contributed by atoms with van der Waals surface area (Å²) in [6, 6.07) is 19.1. The van der Waals surface area contributed by atoms with Crippen molar-refractivity contribution >= 4 is 11.6 Å². The number of amides is 1. The lowest BCUT2D eigenvalue weighted by Crippen LogP contribution is -2.35. The molecule has 144 valence electrons. The molecule has 0 bridgehead atoms. The zero-order chi connectivity index (χ0) is 19.8. The Kier molecular flexibility index (Phi) is 6.69. The molecule has 0 radical (unpaired) electrons. The van der Waals surface area contributed by atoms with Crippen LogP contribution in [0.3, 0.4) is 0 Å². The van der Waals surface area contributed by atoms with E-state index < -0.39 is 0 Å². The normalized spacial score (nSPS) is 16.9. The molecule has 3 rings (SSSR count). The summed E-state index contributed by atoms with van der Waals surface area (Å²) in [5.41, 5.74) is 0.752. The summed E-state index contributed by atoms with van der Waals surface area (Å²) < 4.78 is 5.75. The molecule has 0 aliphatic carbocycles. The molecule has 0 spiro atoms. The highest BCUT2D eigenvalue weighted by atomic mass is 16.5. The van der Waals surface area contributed by atoms with Crippen molar-refractivity contribution in [1.82, 2.24) is 4.90 Å². The van der Waals surface area contributed by atoms with E-state index in [2.05, 4.69) is 17.1 Å². The minimum atomic E-state index is -0.389. The minimum Gasteiger partial charge on any atom is -0.457 e. The maximum atomic E-state index is 12.5. The minimum absolute atomic E-state index is 0.130. The van der Waals surface area contributed by atoms with Crippen molar-refractivity contribution in [2.24, 2.45) is 0 Å². The van der Waals surface area contributed by atoms with Crippen molar-refractivity contribution < 1.29 is 9.53 Å². The van der Waals surface area contributed by atoms with Crippen LogP contribution in [-0.4, -0.2) is 23.4 Å². The topological polar surface area (TPSA) is 65.4 Å². The molecule has 1 atom stereocenters. The molecule has 0 aromatic heterocycles. The number of ether oxygens (including phenoxy) is 1. The molecule has 2 aromatic carbocycles. The van der Waals surface area contributed by atoms with Gasteiger partial charge in [0, 0.05) is 24.5 Å². The molecular formula is C23H25N3O2.